The highest BCUT2D eigenvalue weighted by Crippen LogP contribution is 2.25. The van der Waals surface area contributed by atoms with E-state index in [4.69, 9.17) is 0 Å². The SMILES string of the molecule is O=C(c1ccc(OC(F)F)cc1F)C(F)(F)F. The van der Waals surface area contributed by atoms with Crippen LogP contribution < -0.4 is 4.74 Å². The van der Waals surface area contributed by atoms with E-state index in [-0.39, 0.29) is 6.07 Å². The molecule has 1 aromatic carbocycles. The van der Waals surface area contributed by atoms with Crippen LogP contribution in [0, 0.1) is 5.82 Å². The van der Waals surface area contributed by atoms with Gasteiger partial charge in [0.25, 0.3) is 5.78 Å². The maximum Gasteiger partial charge on any atom is 0.454 e. The third-order valence-electron chi connectivity index (χ3n) is 1.67. The van der Waals surface area contributed by atoms with Gasteiger partial charge in [-0.3, -0.25) is 4.79 Å². The van der Waals surface area contributed by atoms with Crippen molar-refractivity contribution in [1.82, 2.24) is 0 Å². The molecule has 0 aliphatic carbocycles. The van der Waals surface area contributed by atoms with Crippen molar-refractivity contribution >= 4 is 5.78 Å². The number of carbonyl (C=O) groups excluding carboxylic acids is 1. The molecule has 0 aliphatic rings. The Morgan fingerprint density at radius 3 is 2.24 bits per heavy atom. The van der Waals surface area contributed by atoms with Crippen LogP contribution in [-0.2, 0) is 0 Å². The quantitative estimate of drug-likeness (QED) is 0.614. The van der Waals surface area contributed by atoms with E-state index in [9.17, 15) is 31.1 Å². The second-order valence-electron chi connectivity index (χ2n) is 2.85. The molecule has 0 N–H and O–H groups in total. The molecule has 0 unspecified atom stereocenters. The van der Waals surface area contributed by atoms with Gasteiger partial charge < -0.3 is 4.74 Å². The Labute approximate surface area is 90.8 Å². The van der Waals surface area contributed by atoms with Crippen molar-refractivity contribution in [3.8, 4) is 5.75 Å². The molecule has 0 amide bonds. The third-order valence-corrected chi connectivity index (χ3v) is 1.67. The smallest absolute Gasteiger partial charge is 0.435 e. The van der Waals surface area contributed by atoms with Crippen LogP contribution >= 0.6 is 0 Å². The largest absolute Gasteiger partial charge is 0.454 e. The van der Waals surface area contributed by atoms with E-state index >= 15 is 0 Å². The van der Waals surface area contributed by atoms with Gasteiger partial charge in [-0.05, 0) is 12.1 Å². The van der Waals surface area contributed by atoms with Crippen molar-refractivity contribution in [2.45, 2.75) is 12.8 Å². The molecule has 1 aromatic rings. The Morgan fingerprint density at radius 2 is 1.82 bits per heavy atom. The number of halogens is 6. The second-order valence-corrected chi connectivity index (χ2v) is 2.85. The van der Waals surface area contributed by atoms with Crippen LogP contribution in [0.2, 0.25) is 0 Å². The third kappa shape index (κ3) is 3.36. The molecular weight excluding hydrogens is 254 g/mol. The topological polar surface area (TPSA) is 26.3 Å². The first-order valence-corrected chi connectivity index (χ1v) is 4.07. The zero-order valence-corrected chi connectivity index (χ0v) is 7.89. The molecule has 0 heterocycles. The first-order valence-electron chi connectivity index (χ1n) is 4.07. The molecule has 0 saturated heterocycles. The number of ether oxygens (including phenoxy) is 1. The number of hydrogen-bond acceptors (Lipinski definition) is 2. The molecule has 17 heavy (non-hydrogen) atoms. The lowest BCUT2D eigenvalue weighted by atomic mass is 10.1. The fraction of sp³-hybridized carbons (Fsp3) is 0.222. The Kier molecular flexibility index (Phi) is 3.64. The minimum atomic E-state index is -5.23. The van der Waals surface area contributed by atoms with Gasteiger partial charge >= 0.3 is 12.8 Å². The summed E-state index contributed by atoms with van der Waals surface area (Å²) in [7, 11) is 0. The molecule has 0 aromatic heterocycles. The fourth-order valence-electron chi connectivity index (χ4n) is 1.01. The van der Waals surface area contributed by atoms with Crippen molar-refractivity contribution in [1.29, 1.82) is 0 Å². The summed E-state index contributed by atoms with van der Waals surface area (Å²) in [5.74, 6) is -4.64. The van der Waals surface area contributed by atoms with Crippen LogP contribution in [-0.4, -0.2) is 18.6 Å². The molecule has 0 aliphatic heterocycles. The number of benzene rings is 1. The van der Waals surface area contributed by atoms with Gasteiger partial charge in [0.15, 0.2) is 0 Å². The molecule has 0 bridgehead atoms. The van der Waals surface area contributed by atoms with Crippen molar-refractivity contribution in [3.63, 3.8) is 0 Å². The van der Waals surface area contributed by atoms with Gasteiger partial charge in [-0.15, -0.1) is 0 Å². The standard InChI is InChI=1S/C9H4F6O2/c10-6-3-4(17-8(11)12)1-2-5(6)7(16)9(13,14)15/h1-3,8H. The van der Waals surface area contributed by atoms with Crippen molar-refractivity contribution in [2.75, 3.05) is 0 Å². The Balaban J connectivity index is 3.02. The van der Waals surface area contributed by atoms with E-state index in [0.717, 1.165) is 0 Å². The zero-order valence-electron chi connectivity index (χ0n) is 7.89. The minimum Gasteiger partial charge on any atom is -0.435 e. The van der Waals surface area contributed by atoms with Crippen LogP contribution in [0.15, 0.2) is 18.2 Å². The number of ketones is 1. The fourth-order valence-corrected chi connectivity index (χ4v) is 1.01. The number of Topliss-reactive ketones (excluding diaryl/α,β-unsaturated/α-hetero) is 1. The second kappa shape index (κ2) is 4.64. The average molecular weight is 258 g/mol. The lowest BCUT2D eigenvalue weighted by molar-refractivity contribution is -0.0888. The van der Waals surface area contributed by atoms with Crippen LogP contribution in [0.1, 0.15) is 10.4 Å². The van der Waals surface area contributed by atoms with Gasteiger partial charge in [0, 0.05) is 6.07 Å². The number of rotatable bonds is 3. The van der Waals surface area contributed by atoms with Crippen molar-refractivity contribution < 1.29 is 35.9 Å². The molecule has 0 radical (unpaired) electrons. The van der Waals surface area contributed by atoms with Crippen LogP contribution in [0.3, 0.4) is 0 Å². The van der Waals surface area contributed by atoms with E-state index in [0.29, 0.717) is 12.1 Å². The van der Waals surface area contributed by atoms with Crippen LogP contribution in [0.25, 0.3) is 0 Å². The number of alkyl halides is 5. The molecule has 0 spiro atoms. The molecule has 94 valence electrons. The van der Waals surface area contributed by atoms with Gasteiger partial charge in [0.1, 0.15) is 11.6 Å². The van der Waals surface area contributed by atoms with Crippen LogP contribution in [0.5, 0.6) is 5.75 Å². The Bertz CT molecular complexity index is 426. The van der Waals surface area contributed by atoms with Crippen molar-refractivity contribution in [2.24, 2.45) is 0 Å². The predicted octanol–water partition coefficient (Wildman–Crippen LogP) is 3.17. The van der Waals surface area contributed by atoms with E-state index in [1.807, 2.05) is 0 Å². The summed E-state index contributed by atoms with van der Waals surface area (Å²) in [5, 5.41) is 0. The van der Waals surface area contributed by atoms with Gasteiger partial charge in [-0.1, -0.05) is 0 Å². The van der Waals surface area contributed by atoms with E-state index < -0.39 is 35.7 Å². The van der Waals surface area contributed by atoms with Gasteiger partial charge in [-0.25, -0.2) is 4.39 Å². The van der Waals surface area contributed by atoms with E-state index in [1.54, 1.807) is 0 Å². The first-order chi connectivity index (χ1) is 7.71. The predicted molar refractivity (Wildman–Crippen MR) is 43.4 cm³/mol. The van der Waals surface area contributed by atoms with Gasteiger partial charge in [0.2, 0.25) is 0 Å². The van der Waals surface area contributed by atoms with Gasteiger partial charge in [-0.2, -0.15) is 22.0 Å². The molecule has 2 nitrogen and oxygen atoms in total. The highest BCUT2D eigenvalue weighted by Gasteiger charge is 2.40. The molecular formula is C9H4F6O2. The summed E-state index contributed by atoms with van der Waals surface area (Å²) >= 11 is 0. The Hall–Kier alpha value is -1.73. The van der Waals surface area contributed by atoms with Crippen molar-refractivity contribution in [3.05, 3.63) is 29.6 Å². The first kappa shape index (κ1) is 13.3. The summed E-state index contributed by atoms with van der Waals surface area (Å²) in [5.41, 5.74) is -1.25. The number of hydrogen-bond donors (Lipinski definition) is 0. The maximum absolute atomic E-state index is 13.0. The van der Waals surface area contributed by atoms with Crippen LogP contribution in [0.4, 0.5) is 26.3 Å². The zero-order chi connectivity index (χ0) is 13.2. The molecule has 0 atom stereocenters. The monoisotopic (exact) mass is 258 g/mol. The van der Waals surface area contributed by atoms with E-state index in [1.165, 1.54) is 0 Å². The molecule has 0 fully saturated rings. The number of carbonyl (C=O) groups is 1. The lowest BCUT2D eigenvalue weighted by Crippen LogP contribution is -2.23. The highest BCUT2D eigenvalue weighted by molar-refractivity contribution is 6.00. The summed E-state index contributed by atoms with van der Waals surface area (Å²) in [6, 6.07) is 1.36. The highest BCUT2D eigenvalue weighted by atomic mass is 19.4. The summed E-state index contributed by atoms with van der Waals surface area (Å²) < 4.78 is 76.1. The van der Waals surface area contributed by atoms with E-state index in [2.05, 4.69) is 4.74 Å². The molecule has 1 rings (SSSR count). The Morgan fingerprint density at radius 1 is 1.24 bits per heavy atom. The minimum absolute atomic E-state index is 0.283. The normalized spacial score (nSPS) is 11.7. The summed E-state index contributed by atoms with van der Waals surface area (Å²) in [6.07, 6.45) is -5.23. The van der Waals surface area contributed by atoms with Gasteiger partial charge in [0.05, 0.1) is 5.56 Å². The average Bonchev–Trinajstić information content (AvgIpc) is 2.14. The summed E-state index contributed by atoms with van der Waals surface area (Å²) in [6.45, 7) is -3.24. The molecule has 0 saturated carbocycles. The summed E-state index contributed by atoms with van der Waals surface area (Å²) in [4.78, 5) is 10.7. The molecule has 8 heteroatoms. The lowest BCUT2D eigenvalue weighted by Gasteiger charge is -2.08. The maximum atomic E-state index is 13.0.